The Balaban J connectivity index is 2.16. The molecule has 0 aliphatic rings. The number of thioether (sulfide) groups is 1. The molecular formula is C13H22N2O4S2. The number of ether oxygens (including phenoxy) is 1. The van der Waals surface area contributed by atoms with Crippen LogP contribution in [0.3, 0.4) is 0 Å². The average molecular weight is 334 g/mol. The van der Waals surface area contributed by atoms with Gasteiger partial charge in [-0.05, 0) is 36.4 Å². The summed E-state index contributed by atoms with van der Waals surface area (Å²) in [6, 6.07) is 6.80. The third kappa shape index (κ3) is 8.82. The summed E-state index contributed by atoms with van der Waals surface area (Å²) < 4.78 is 31.3. The van der Waals surface area contributed by atoms with Crippen LogP contribution in [0.2, 0.25) is 0 Å². The molecule has 0 heterocycles. The van der Waals surface area contributed by atoms with Crippen LogP contribution < -0.4 is 15.2 Å². The first-order valence-electron chi connectivity index (χ1n) is 6.68. The molecule has 1 aromatic carbocycles. The lowest BCUT2D eigenvalue weighted by molar-refractivity contribution is 0.296. The van der Waals surface area contributed by atoms with Crippen LogP contribution in [0.15, 0.2) is 24.3 Å². The summed E-state index contributed by atoms with van der Waals surface area (Å²) in [6.07, 6.45) is 0.729. The largest absolute Gasteiger partial charge is 0.492 e. The van der Waals surface area contributed by atoms with Gasteiger partial charge in [0.15, 0.2) is 0 Å². The Hall–Kier alpha value is -0.960. The maximum atomic E-state index is 11.7. The van der Waals surface area contributed by atoms with Gasteiger partial charge >= 0.3 is 0 Å². The Morgan fingerprint density at radius 2 is 1.95 bits per heavy atom. The number of rotatable bonds is 11. The molecule has 120 valence electrons. The molecule has 0 fully saturated rings. The Bertz CT molecular complexity index is 491. The van der Waals surface area contributed by atoms with Crippen molar-refractivity contribution in [1.82, 2.24) is 4.72 Å². The van der Waals surface area contributed by atoms with E-state index < -0.39 is 10.0 Å². The maximum Gasteiger partial charge on any atom is 0.214 e. The van der Waals surface area contributed by atoms with E-state index >= 15 is 0 Å². The van der Waals surface area contributed by atoms with Crippen LogP contribution in [0.25, 0.3) is 0 Å². The number of anilines is 1. The molecule has 1 aromatic rings. The molecule has 0 bridgehead atoms. The lowest BCUT2D eigenvalue weighted by atomic mass is 10.3. The van der Waals surface area contributed by atoms with Crippen molar-refractivity contribution in [3.63, 3.8) is 0 Å². The molecule has 4 N–H and O–H groups in total. The van der Waals surface area contributed by atoms with Gasteiger partial charge in [0, 0.05) is 24.6 Å². The monoisotopic (exact) mass is 334 g/mol. The van der Waals surface area contributed by atoms with Crippen LogP contribution >= 0.6 is 11.8 Å². The van der Waals surface area contributed by atoms with Crippen molar-refractivity contribution < 1.29 is 18.3 Å². The predicted octanol–water partition coefficient (Wildman–Crippen LogP) is 0.683. The van der Waals surface area contributed by atoms with Crippen molar-refractivity contribution in [3.05, 3.63) is 24.3 Å². The number of benzene rings is 1. The van der Waals surface area contributed by atoms with E-state index in [2.05, 4.69) is 4.72 Å². The van der Waals surface area contributed by atoms with Gasteiger partial charge in [-0.2, -0.15) is 11.8 Å². The van der Waals surface area contributed by atoms with E-state index in [-0.39, 0.29) is 19.0 Å². The van der Waals surface area contributed by atoms with Crippen molar-refractivity contribution in [2.75, 3.05) is 42.8 Å². The molecule has 0 aliphatic carbocycles. The molecule has 0 amide bonds. The van der Waals surface area contributed by atoms with Gasteiger partial charge in [0.25, 0.3) is 0 Å². The van der Waals surface area contributed by atoms with Gasteiger partial charge in [-0.15, -0.1) is 0 Å². The number of aliphatic hydroxyl groups excluding tert-OH is 1. The highest BCUT2D eigenvalue weighted by Gasteiger charge is 2.09. The number of hydrogen-bond acceptors (Lipinski definition) is 6. The fourth-order valence-electron chi connectivity index (χ4n) is 1.44. The lowest BCUT2D eigenvalue weighted by Gasteiger charge is -2.08. The van der Waals surface area contributed by atoms with Gasteiger partial charge in [0.05, 0.1) is 5.75 Å². The third-order valence-corrected chi connectivity index (χ3v) is 4.93. The SMILES string of the molecule is Nc1ccc(OCCS(=O)(=O)NCCSCCCO)cc1. The van der Waals surface area contributed by atoms with Crippen molar-refractivity contribution in [2.24, 2.45) is 0 Å². The highest BCUT2D eigenvalue weighted by atomic mass is 32.2. The summed E-state index contributed by atoms with van der Waals surface area (Å²) >= 11 is 1.61. The Labute approximate surface area is 130 Å². The van der Waals surface area contributed by atoms with Crippen LogP contribution in [-0.2, 0) is 10.0 Å². The van der Waals surface area contributed by atoms with E-state index in [1.54, 1.807) is 36.0 Å². The average Bonchev–Trinajstić information content (AvgIpc) is 2.45. The number of nitrogens with one attached hydrogen (secondary N) is 1. The van der Waals surface area contributed by atoms with E-state index in [1.165, 1.54) is 0 Å². The molecule has 0 spiro atoms. The quantitative estimate of drug-likeness (QED) is 0.406. The zero-order chi connectivity index (χ0) is 15.6. The molecule has 1 rings (SSSR count). The molecule has 0 radical (unpaired) electrons. The molecule has 8 heteroatoms. The minimum Gasteiger partial charge on any atom is -0.492 e. The molecule has 0 saturated carbocycles. The summed E-state index contributed by atoms with van der Waals surface area (Å²) in [7, 11) is -3.32. The van der Waals surface area contributed by atoms with Crippen LogP contribution in [-0.4, -0.2) is 50.5 Å². The Morgan fingerprint density at radius 1 is 1.24 bits per heavy atom. The first-order chi connectivity index (χ1) is 10.0. The number of sulfonamides is 1. The van der Waals surface area contributed by atoms with Crippen molar-refractivity contribution in [3.8, 4) is 5.75 Å². The van der Waals surface area contributed by atoms with Crippen LogP contribution in [0, 0.1) is 0 Å². The topological polar surface area (TPSA) is 102 Å². The minimum atomic E-state index is -3.32. The second kappa shape index (κ2) is 9.88. The van der Waals surface area contributed by atoms with Gasteiger partial charge in [-0.25, -0.2) is 13.1 Å². The van der Waals surface area contributed by atoms with E-state index in [9.17, 15) is 8.42 Å². The molecular weight excluding hydrogens is 312 g/mol. The zero-order valence-electron chi connectivity index (χ0n) is 11.8. The normalized spacial score (nSPS) is 11.5. The molecule has 0 unspecified atom stereocenters. The number of hydrogen-bond donors (Lipinski definition) is 3. The highest BCUT2D eigenvalue weighted by molar-refractivity contribution is 7.99. The third-order valence-electron chi connectivity index (χ3n) is 2.52. The van der Waals surface area contributed by atoms with Crippen LogP contribution in [0.5, 0.6) is 5.75 Å². The van der Waals surface area contributed by atoms with Gasteiger partial charge in [-0.1, -0.05) is 0 Å². The summed E-state index contributed by atoms with van der Waals surface area (Å²) in [4.78, 5) is 0. The molecule has 6 nitrogen and oxygen atoms in total. The van der Waals surface area contributed by atoms with Gasteiger partial charge < -0.3 is 15.6 Å². The first-order valence-corrected chi connectivity index (χ1v) is 9.48. The van der Waals surface area contributed by atoms with Crippen molar-refractivity contribution in [1.29, 1.82) is 0 Å². The standard InChI is InChI=1S/C13H22N2O4S2/c14-12-2-4-13(5-3-12)19-8-11-21(17,18)15-6-10-20-9-1-7-16/h2-5,15-16H,1,6-11,14H2. The first kappa shape index (κ1) is 18.1. The van der Waals surface area contributed by atoms with Crippen molar-refractivity contribution >= 4 is 27.5 Å². The molecule has 21 heavy (non-hydrogen) atoms. The fourth-order valence-corrected chi connectivity index (χ4v) is 3.22. The predicted molar refractivity (Wildman–Crippen MR) is 87.2 cm³/mol. The van der Waals surface area contributed by atoms with E-state index in [0.717, 1.165) is 12.2 Å². The minimum absolute atomic E-state index is 0.0846. The highest BCUT2D eigenvalue weighted by Crippen LogP contribution is 2.12. The Morgan fingerprint density at radius 3 is 2.62 bits per heavy atom. The number of nitrogens with two attached hydrogens (primary N) is 1. The maximum absolute atomic E-state index is 11.7. The molecule has 0 atom stereocenters. The summed E-state index contributed by atoms with van der Waals surface area (Å²) in [5.74, 6) is 2.04. The number of nitrogen functional groups attached to an aromatic ring is 1. The Kier molecular flexibility index (Phi) is 8.51. The second-order valence-electron chi connectivity index (χ2n) is 4.32. The smallest absolute Gasteiger partial charge is 0.214 e. The van der Waals surface area contributed by atoms with Gasteiger partial charge in [0.1, 0.15) is 12.4 Å². The molecule has 0 aromatic heterocycles. The lowest BCUT2D eigenvalue weighted by Crippen LogP contribution is -2.30. The fraction of sp³-hybridized carbons (Fsp3) is 0.538. The second-order valence-corrected chi connectivity index (χ2v) is 7.47. The summed E-state index contributed by atoms with van der Waals surface area (Å²) in [6.45, 7) is 0.651. The molecule has 0 aliphatic heterocycles. The zero-order valence-corrected chi connectivity index (χ0v) is 13.5. The number of aliphatic hydroxyl groups is 1. The van der Waals surface area contributed by atoms with Crippen LogP contribution in [0.1, 0.15) is 6.42 Å². The van der Waals surface area contributed by atoms with Crippen LogP contribution in [0.4, 0.5) is 5.69 Å². The van der Waals surface area contributed by atoms with Gasteiger partial charge in [0.2, 0.25) is 10.0 Å². The van der Waals surface area contributed by atoms with Gasteiger partial charge in [-0.3, -0.25) is 0 Å². The summed E-state index contributed by atoms with van der Waals surface area (Å²) in [5.41, 5.74) is 6.18. The summed E-state index contributed by atoms with van der Waals surface area (Å²) in [5, 5.41) is 8.61. The van der Waals surface area contributed by atoms with E-state index in [4.69, 9.17) is 15.6 Å². The van der Waals surface area contributed by atoms with E-state index in [1.807, 2.05) is 0 Å². The van der Waals surface area contributed by atoms with Crippen molar-refractivity contribution in [2.45, 2.75) is 6.42 Å². The van der Waals surface area contributed by atoms with E-state index in [0.29, 0.717) is 23.7 Å². The molecule has 0 saturated heterocycles.